The predicted molar refractivity (Wildman–Crippen MR) is 110 cm³/mol. The lowest BCUT2D eigenvalue weighted by molar-refractivity contribution is 0.247. The molecule has 28 heavy (non-hydrogen) atoms. The Kier molecular flexibility index (Phi) is 5.93. The smallest absolute Gasteiger partial charge is 0.319 e. The van der Waals surface area contributed by atoms with E-state index in [1.165, 1.54) is 0 Å². The molecular formula is C19H27N5O3S. The maximum atomic E-state index is 12.6. The van der Waals surface area contributed by atoms with Gasteiger partial charge in [0.15, 0.2) is 0 Å². The van der Waals surface area contributed by atoms with Gasteiger partial charge in [0.2, 0.25) is 10.0 Å². The summed E-state index contributed by atoms with van der Waals surface area (Å²) in [6.45, 7) is 3.59. The summed E-state index contributed by atoms with van der Waals surface area (Å²) in [4.78, 5) is 12.6. The zero-order valence-corrected chi connectivity index (χ0v) is 17.3. The van der Waals surface area contributed by atoms with Gasteiger partial charge in [-0.15, -0.1) is 0 Å². The van der Waals surface area contributed by atoms with E-state index in [1.54, 1.807) is 25.1 Å². The first kappa shape index (κ1) is 20.2. The van der Waals surface area contributed by atoms with Crippen LogP contribution in [-0.2, 0) is 23.5 Å². The van der Waals surface area contributed by atoms with Crippen LogP contribution in [0, 0.1) is 6.92 Å². The number of amides is 2. The van der Waals surface area contributed by atoms with Crippen LogP contribution in [0.25, 0.3) is 0 Å². The number of benzene rings is 1. The monoisotopic (exact) mass is 405 g/mol. The molecule has 0 aliphatic heterocycles. The van der Waals surface area contributed by atoms with Gasteiger partial charge in [0.05, 0.1) is 23.7 Å². The number of carbonyl (C=O) groups excluding carboxylic acids is 1. The number of aryl methyl sites for hydroxylation is 1. The van der Waals surface area contributed by atoms with Crippen LogP contribution in [0.2, 0.25) is 0 Å². The number of nitrogens with one attached hydrogen (secondary N) is 3. The lowest BCUT2D eigenvalue weighted by Crippen LogP contribution is -2.34. The summed E-state index contributed by atoms with van der Waals surface area (Å²) in [7, 11) is -1.48. The minimum Gasteiger partial charge on any atom is -0.331 e. The third-order valence-electron chi connectivity index (χ3n) is 5.00. The normalized spacial score (nSPS) is 16.3. The summed E-state index contributed by atoms with van der Waals surface area (Å²) in [5, 5.41) is 10.1. The average molecular weight is 406 g/mol. The molecule has 2 amide bonds. The standard InChI is InChI=1S/C19H27N5O3S/c1-4-11-28(26,27)23-16-8-5-7-15(13(16)2)21-19(25)22-17-9-6-10-18-14(17)12-20-24(18)3/h5,7-8,12,17,23H,4,6,9-11H2,1-3H3,(H2,21,22,25). The summed E-state index contributed by atoms with van der Waals surface area (Å²) in [5.74, 6) is 0.0553. The number of sulfonamides is 1. The van der Waals surface area contributed by atoms with Crippen LogP contribution in [0.15, 0.2) is 24.4 Å². The van der Waals surface area contributed by atoms with Crippen LogP contribution in [0.3, 0.4) is 0 Å². The fraction of sp³-hybridized carbons (Fsp3) is 0.474. The van der Waals surface area contributed by atoms with Crippen LogP contribution >= 0.6 is 0 Å². The number of anilines is 2. The van der Waals surface area contributed by atoms with Gasteiger partial charge in [0.25, 0.3) is 0 Å². The summed E-state index contributed by atoms with van der Waals surface area (Å²) in [6, 6.07) is 4.76. The third-order valence-corrected chi connectivity index (χ3v) is 6.48. The molecule has 1 aliphatic carbocycles. The fourth-order valence-electron chi connectivity index (χ4n) is 3.54. The van der Waals surface area contributed by atoms with Gasteiger partial charge in [-0.3, -0.25) is 9.40 Å². The van der Waals surface area contributed by atoms with Gasteiger partial charge in [0.1, 0.15) is 0 Å². The molecule has 1 heterocycles. The number of carbonyl (C=O) groups is 1. The maximum absolute atomic E-state index is 12.6. The first-order valence-electron chi connectivity index (χ1n) is 9.49. The van der Waals surface area contributed by atoms with Gasteiger partial charge < -0.3 is 10.6 Å². The molecule has 3 rings (SSSR count). The Morgan fingerprint density at radius 1 is 1.32 bits per heavy atom. The molecular weight excluding hydrogens is 378 g/mol. The second-order valence-electron chi connectivity index (χ2n) is 7.11. The summed E-state index contributed by atoms with van der Waals surface area (Å²) < 4.78 is 28.5. The Balaban J connectivity index is 1.70. The molecule has 1 atom stereocenters. The number of hydrogen-bond acceptors (Lipinski definition) is 4. The van der Waals surface area contributed by atoms with Gasteiger partial charge in [-0.05, 0) is 50.3 Å². The van der Waals surface area contributed by atoms with Gasteiger partial charge in [-0.2, -0.15) is 5.10 Å². The van der Waals surface area contributed by atoms with E-state index in [2.05, 4.69) is 20.5 Å². The number of fused-ring (bicyclic) bond motifs is 1. The Morgan fingerprint density at radius 2 is 2.07 bits per heavy atom. The van der Waals surface area contributed by atoms with Gasteiger partial charge in [-0.25, -0.2) is 13.2 Å². The second kappa shape index (κ2) is 8.22. The lowest BCUT2D eigenvalue weighted by atomic mass is 9.93. The summed E-state index contributed by atoms with van der Waals surface area (Å²) in [6.07, 6.45) is 5.16. The first-order valence-corrected chi connectivity index (χ1v) is 11.1. The van der Waals surface area contributed by atoms with Crippen LogP contribution in [-0.4, -0.2) is 30.0 Å². The molecule has 1 aromatic carbocycles. The highest BCUT2D eigenvalue weighted by Gasteiger charge is 2.25. The lowest BCUT2D eigenvalue weighted by Gasteiger charge is -2.24. The number of urea groups is 1. The van der Waals surface area contributed by atoms with Crippen molar-refractivity contribution >= 4 is 27.4 Å². The molecule has 1 unspecified atom stereocenters. The van der Waals surface area contributed by atoms with E-state index in [4.69, 9.17) is 0 Å². The minimum atomic E-state index is -3.39. The van der Waals surface area contributed by atoms with E-state index in [9.17, 15) is 13.2 Å². The molecule has 0 saturated carbocycles. The van der Waals surface area contributed by atoms with Gasteiger partial charge >= 0.3 is 6.03 Å². The molecule has 0 radical (unpaired) electrons. The van der Waals surface area contributed by atoms with Crippen molar-refractivity contribution in [3.05, 3.63) is 41.2 Å². The van der Waals surface area contributed by atoms with Crippen molar-refractivity contribution in [2.45, 2.75) is 45.6 Å². The Bertz CT molecular complexity index is 968. The van der Waals surface area contributed by atoms with E-state index in [1.807, 2.05) is 24.9 Å². The molecule has 8 nitrogen and oxygen atoms in total. The summed E-state index contributed by atoms with van der Waals surface area (Å²) >= 11 is 0. The van der Waals surface area contributed by atoms with Crippen LogP contribution in [0.4, 0.5) is 16.2 Å². The number of hydrogen-bond donors (Lipinski definition) is 3. The van der Waals surface area contributed by atoms with E-state index >= 15 is 0 Å². The molecule has 0 spiro atoms. The highest BCUT2D eigenvalue weighted by atomic mass is 32.2. The number of aromatic nitrogens is 2. The Hall–Kier alpha value is -2.55. The van der Waals surface area contributed by atoms with Crippen molar-refractivity contribution in [2.24, 2.45) is 7.05 Å². The third kappa shape index (κ3) is 4.46. The van der Waals surface area contributed by atoms with Crippen LogP contribution in [0.1, 0.15) is 49.0 Å². The highest BCUT2D eigenvalue weighted by Crippen LogP contribution is 2.29. The van der Waals surface area contributed by atoms with Gasteiger partial charge in [-0.1, -0.05) is 13.0 Å². The predicted octanol–water partition coefficient (Wildman–Crippen LogP) is 3.08. The van der Waals surface area contributed by atoms with Crippen molar-refractivity contribution < 1.29 is 13.2 Å². The van der Waals surface area contributed by atoms with Gasteiger partial charge in [0, 0.05) is 24.0 Å². The quantitative estimate of drug-likeness (QED) is 0.687. The zero-order valence-electron chi connectivity index (χ0n) is 16.4. The molecule has 2 aromatic rings. The molecule has 0 saturated heterocycles. The molecule has 0 bridgehead atoms. The second-order valence-corrected chi connectivity index (χ2v) is 8.95. The Labute approximate surface area is 165 Å². The number of rotatable bonds is 6. The molecule has 3 N–H and O–H groups in total. The molecule has 1 aromatic heterocycles. The molecule has 1 aliphatic rings. The van der Waals surface area contributed by atoms with Crippen molar-refractivity contribution in [1.29, 1.82) is 0 Å². The fourth-order valence-corrected chi connectivity index (χ4v) is 4.74. The maximum Gasteiger partial charge on any atom is 0.319 e. The SMILES string of the molecule is CCCS(=O)(=O)Nc1cccc(NC(=O)NC2CCCc3c2cnn3C)c1C. The molecule has 9 heteroatoms. The van der Waals surface area contributed by atoms with Crippen LogP contribution in [0.5, 0.6) is 0 Å². The van der Waals surface area contributed by atoms with Crippen molar-refractivity contribution in [1.82, 2.24) is 15.1 Å². The topological polar surface area (TPSA) is 105 Å². The minimum absolute atomic E-state index is 0.0553. The molecule has 0 fully saturated rings. The zero-order chi connectivity index (χ0) is 20.3. The van der Waals surface area contributed by atoms with E-state index < -0.39 is 10.0 Å². The van der Waals surface area contributed by atoms with E-state index in [0.717, 1.165) is 30.5 Å². The number of nitrogens with zero attached hydrogens (tertiary/aromatic N) is 2. The van der Waals surface area contributed by atoms with Crippen LogP contribution < -0.4 is 15.4 Å². The molecule has 152 valence electrons. The van der Waals surface area contributed by atoms with Crippen molar-refractivity contribution in [2.75, 3.05) is 15.8 Å². The average Bonchev–Trinajstić information content (AvgIpc) is 3.00. The van der Waals surface area contributed by atoms with Crippen molar-refractivity contribution in [3.8, 4) is 0 Å². The highest BCUT2D eigenvalue weighted by molar-refractivity contribution is 7.92. The first-order chi connectivity index (χ1) is 13.3. The van der Waals surface area contributed by atoms with Crippen molar-refractivity contribution in [3.63, 3.8) is 0 Å². The Morgan fingerprint density at radius 3 is 2.82 bits per heavy atom. The van der Waals surface area contributed by atoms with E-state index in [-0.39, 0.29) is 17.8 Å². The van der Waals surface area contributed by atoms with E-state index in [0.29, 0.717) is 23.4 Å². The largest absolute Gasteiger partial charge is 0.331 e. The summed E-state index contributed by atoms with van der Waals surface area (Å²) in [5.41, 5.74) is 3.92.